The molecule has 2 aromatic rings. The van der Waals surface area contributed by atoms with Gasteiger partial charge in [0.15, 0.2) is 0 Å². The van der Waals surface area contributed by atoms with Gasteiger partial charge in [-0.1, -0.05) is 18.2 Å². The molecule has 4 nitrogen and oxygen atoms in total. The number of nitrogens with one attached hydrogen (secondary N) is 1. The van der Waals surface area contributed by atoms with Gasteiger partial charge < -0.3 is 10.1 Å². The Hall–Kier alpha value is -1.61. The molecule has 2 heterocycles. The summed E-state index contributed by atoms with van der Waals surface area (Å²) in [6.45, 7) is 2.90. The molecular weight excluding hydrogens is 409 g/mol. The lowest BCUT2D eigenvalue weighted by Crippen LogP contribution is -2.45. The summed E-state index contributed by atoms with van der Waals surface area (Å²) in [6.07, 6.45) is -3.37. The Morgan fingerprint density at radius 2 is 1.67 bits per heavy atom. The molecule has 3 rings (SSSR count). The first-order chi connectivity index (χ1) is 11.9. The minimum Gasteiger partial charge on any atom is -0.406 e. The predicted molar refractivity (Wildman–Crippen MR) is 98.1 cm³/mol. The zero-order chi connectivity index (χ0) is 17.9. The van der Waals surface area contributed by atoms with Gasteiger partial charge in [0.2, 0.25) is 5.95 Å². The number of hydrogen-bond acceptors (Lipinski definition) is 4. The van der Waals surface area contributed by atoms with Crippen molar-refractivity contribution in [2.75, 3.05) is 26.2 Å². The van der Waals surface area contributed by atoms with Gasteiger partial charge in [0.1, 0.15) is 5.75 Å². The van der Waals surface area contributed by atoms with Crippen molar-refractivity contribution >= 4 is 24.8 Å². The molecule has 0 saturated carbocycles. The Bertz CT molecular complexity index is 710. The van der Waals surface area contributed by atoms with Crippen LogP contribution in [0, 0.1) is 5.95 Å². The van der Waals surface area contributed by atoms with Crippen molar-refractivity contribution in [1.82, 2.24) is 15.2 Å². The van der Waals surface area contributed by atoms with Crippen LogP contribution >= 0.6 is 24.8 Å². The van der Waals surface area contributed by atoms with Crippen molar-refractivity contribution in [3.63, 3.8) is 0 Å². The van der Waals surface area contributed by atoms with Gasteiger partial charge in [-0.25, -0.2) is 4.98 Å². The molecule has 1 N–H and O–H groups in total. The van der Waals surface area contributed by atoms with Gasteiger partial charge in [-0.3, -0.25) is 4.90 Å². The summed E-state index contributed by atoms with van der Waals surface area (Å²) in [4.78, 5) is 5.78. The molecule has 1 aromatic carbocycles. The van der Waals surface area contributed by atoms with Gasteiger partial charge in [-0.05, 0) is 23.8 Å². The van der Waals surface area contributed by atoms with Gasteiger partial charge in [0, 0.05) is 37.9 Å². The number of nitrogens with zero attached hydrogens (tertiary/aromatic N) is 2. The molecular formula is C17H19Cl2F4N3O. The molecule has 0 bridgehead atoms. The molecule has 0 radical (unpaired) electrons. The number of benzene rings is 1. The molecule has 27 heavy (non-hydrogen) atoms. The summed E-state index contributed by atoms with van der Waals surface area (Å²) < 4.78 is 55.1. The molecule has 10 heteroatoms. The van der Waals surface area contributed by atoms with Crippen LogP contribution in [0.2, 0.25) is 0 Å². The van der Waals surface area contributed by atoms with E-state index in [4.69, 9.17) is 0 Å². The molecule has 1 fully saturated rings. The van der Waals surface area contributed by atoms with E-state index in [0.29, 0.717) is 24.2 Å². The molecule has 1 aliphatic heterocycles. The number of ether oxygens (including phenoxy) is 1. The smallest absolute Gasteiger partial charge is 0.406 e. The molecule has 0 amide bonds. The predicted octanol–water partition coefficient (Wildman–Crippen LogP) is 3.96. The monoisotopic (exact) mass is 427 g/mol. The van der Waals surface area contributed by atoms with Crippen LogP contribution in [0.5, 0.6) is 5.75 Å². The lowest BCUT2D eigenvalue weighted by Gasteiger charge is -2.35. The first-order valence-electron chi connectivity index (χ1n) is 7.85. The summed E-state index contributed by atoms with van der Waals surface area (Å²) in [7, 11) is 0. The van der Waals surface area contributed by atoms with Gasteiger partial charge in [-0.15, -0.1) is 38.0 Å². The highest BCUT2D eigenvalue weighted by atomic mass is 35.5. The van der Waals surface area contributed by atoms with Crippen LogP contribution in [0.15, 0.2) is 42.6 Å². The number of alkyl halides is 3. The third kappa shape index (κ3) is 6.21. The van der Waals surface area contributed by atoms with E-state index in [1.807, 2.05) is 0 Å². The van der Waals surface area contributed by atoms with E-state index in [1.165, 1.54) is 30.5 Å². The molecule has 0 spiro atoms. The number of rotatable bonds is 4. The second-order valence-corrected chi connectivity index (χ2v) is 5.69. The number of hydrogen-bond donors (Lipinski definition) is 1. The number of pyridine rings is 1. The molecule has 0 unspecified atom stereocenters. The first kappa shape index (κ1) is 23.4. The maximum absolute atomic E-state index is 14.3. The summed E-state index contributed by atoms with van der Waals surface area (Å²) in [5.74, 6) is -0.886. The maximum atomic E-state index is 14.3. The van der Waals surface area contributed by atoms with Crippen LogP contribution in [-0.2, 0) is 0 Å². The number of aromatic nitrogens is 1. The lowest BCUT2D eigenvalue weighted by atomic mass is 9.97. The Kier molecular flexibility index (Phi) is 8.74. The third-order valence-electron chi connectivity index (χ3n) is 4.03. The van der Waals surface area contributed by atoms with Gasteiger partial charge in [0.25, 0.3) is 0 Å². The van der Waals surface area contributed by atoms with Crippen molar-refractivity contribution in [3.05, 3.63) is 59.7 Å². The molecule has 0 aliphatic carbocycles. The Balaban J connectivity index is 0.00000182. The zero-order valence-electron chi connectivity index (χ0n) is 14.1. The summed E-state index contributed by atoms with van der Waals surface area (Å²) in [5, 5.41) is 3.23. The van der Waals surface area contributed by atoms with Crippen LogP contribution < -0.4 is 10.1 Å². The van der Waals surface area contributed by atoms with Gasteiger partial charge in [0.05, 0.1) is 6.04 Å². The standard InChI is InChI=1S/C17H17F4N3O.2ClH/c18-16-14(2-1-7-23-16)15(24-10-8-22-9-11-24)12-3-5-13(6-4-12)25-17(19,20)21;;/h1-7,15,22H,8-11H2;2*1H/t15-;;/m0../s1. The minimum absolute atomic E-state index is 0. The highest BCUT2D eigenvalue weighted by Gasteiger charge is 2.31. The van der Waals surface area contributed by atoms with E-state index in [1.54, 1.807) is 12.1 Å². The van der Waals surface area contributed by atoms with Crippen molar-refractivity contribution in [2.45, 2.75) is 12.4 Å². The molecule has 1 aromatic heterocycles. The van der Waals surface area contributed by atoms with Crippen molar-refractivity contribution in [2.24, 2.45) is 0 Å². The average molecular weight is 428 g/mol. The van der Waals surface area contributed by atoms with E-state index in [-0.39, 0.29) is 30.6 Å². The number of piperazine rings is 1. The summed E-state index contributed by atoms with van der Waals surface area (Å²) in [5.41, 5.74) is 1.08. The molecule has 1 atom stereocenters. The van der Waals surface area contributed by atoms with Crippen LogP contribution in [0.25, 0.3) is 0 Å². The quantitative estimate of drug-likeness (QED) is 0.591. The second kappa shape index (κ2) is 10.1. The van der Waals surface area contributed by atoms with Crippen molar-refractivity contribution in [1.29, 1.82) is 0 Å². The third-order valence-corrected chi connectivity index (χ3v) is 4.03. The second-order valence-electron chi connectivity index (χ2n) is 5.69. The number of halogens is 6. The Morgan fingerprint density at radius 3 is 2.22 bits per heavy atom. The van der Waals surface area contributed by atoms with Crippen LogP contribution in [0.1, 0.15) is 17.2 Å². The van der Waals surface area contributed by atoms with Crippen LogP contribution in [0.4, 0.5) is 17.6 Å². The van der Waals surface area contributed by atoms with E-state index in [0.717, 1.165) is 13.1 Å². The molecule has 1 aliphatic rings. The fourth-order valence-corrected chi connectivity index (χ4v) is 2.98. The largest absolute Gasteiger partial charge is 0.573 e. The Morgan fingerprint density at radius 1 is 1.04 bits per heavy atom. The van der Waals surface area contributed by atoms with Crippen molar-refractivity contribution < 1.29 is 22.3 Å². The van der Waals surface area contributed by atoms with Crippen LogP contribution in [0.3, 0.4) is 0 Å². The van der Waals surface area contributed by atoms with E-state index >= 15 is 0 Å². The fourth-order valence-electron chi connectivity index (χ4n) is 2.98. The van der Waals surface area contributed by atoms with E-state index in [9.17, 15) is 17.6 Å². The molecule has 1 saturated heterocycles. The Labute approximate surface area is 166 Å². The average Bonchev–Trinajstić information content (AvgIpc) is 2.58. The van der Waals surface area contributed by atoms with Crippen molar-refractivity contribution in [3.8, 4) is 5.75 Å². The summed E-state index contributed by atoms with van der Waals surface area (Å²) >= 11 is 0. The summed E-state index contributed by atoms with van der Waals surface area (Å²) in [6, 6.07) is 8.42. The minimum atomic E-state index is -4.74. The zero-order valence-corrected chi connectivity index (χ0v) is 15.7. The SMILES string of the molecule is Cl.Cl.Fc1ncccc1[C@H](c1ccc(OC(F)(F)F)cc1)N1CCNCC1. The van der Waals surface area contributed by atoms with Gasteiger partial charge >= 0.3 is 6.36 Å². The normalized spacial score (nSPS) is 16.0. The van der Waals surface area contributed by atoms with E-state index < -0.39 is 18.4 Å². The molecule has 150 valence electrons. The van der Waals surface area contributed by atoms with E-state index in [2.05, 4.69) is 19.9 Å². The maximum Gasteiger partial charge on any atom is 0.573 e. The fraction of sp³-hybridized carbons (Fsp3) is 0.353. The highest BCUT2D eigenvalue weighted by Crippen LogP contribution is 2.32. The topological polar surface area (TPSA) is 37.4 Å². The highest BCUT2D eigenvalue weighted by molar-refractivity contribution is 5.85. The first-order valence-corrected chi connectivity index (χ1v) is 7.85. The lowest BCUT2D eigenvalue weighted by molar-refractivity contribution is -0.274. The van der Waals surface area contributed by atoms with Crippen LogP contribution in [-0.4, -0.2) is 42.4 Å². The van der Waals surface area contributed by atoms with Gasteiger partial charge in [-0.2, -0.15) is 4.39 Å².